The van der Waals surface area contributed by atoms with E-state index in [9.17, 15) is 4.79 Å². The summed E-state index contributed by atoms with van der Waals surface area (Å²) < 4.78 is 16.1. The van der Waals surface area contributed by atoms with Gasteiger partial charge in [0.1, 0.15) is 10.0 Å². The lowest BCUT2D eigenvalue weighted by molar-refractivity contribution is -0.118. The van der Waals surface area contributed by atoms with Gasteiger partial charge in [0.05, 0.1) is 31.3 Å². The fraction of sp³-hybridized carbons (Fsp3) is 0.250. The summed E-state index contributed by atoms with van der Waals surface area (Å²) in [6, 6.07) is 5.48. The Bertz CT molecular complexity index is 1060. The Hall–Kier alpha value is -2.55. The Morgan fingerprint density at radius 2 is 1.73 bits per heavy atom. The van der Waals surface area contributed by atoms with Crippen LogP contribution in [-0.4, -0.2) is 36.7 Å². The Morgan fingerprint density at radius 3 is 2.37 bits per heavy atom. The number of rotatable bonds is 7. The number of methoxy groups -OCH3 is 2. The van der Waals surface area contributed by atoms with Gasteiger partial charge in [-0.2, -0.15) is 0 Å². The maximum absolute atomic E-state index is 12.3. The average Bonchev–Trinajstić information content (AvgIpc) is 3.20. The maximum Gasteiger partial charge on any atom is 0.264 e. The molecule has 0 radical (unpaired) electrons. The van der Waals surface area contributed by atoms with Gasteiger partial charge in [-0.3, -0.25) is 15.1 Å². The number of hydrogen-bond acceptors (Lipinski definition) is 7. The number of thiazole rings is 1. The van der Waals surface area contributed by atoms with Crippen LogP contribution >= 0.6 is 34.5 Å². The van der Waals surface area contributed by atoms with Crippen molar-refractivity contribution in [2.45, 2.75) is 13.8 Å². The van der Waals surface area contributed by atoms with E-state index >= 15 is 0 Å². The van der Waals surface area contributed by atoms with Gasteiger partial charge in [0.15, 0.2) is 29.0 Å². The first kappa shape index (κ1) is 22.1. The van der Waals surface area contributed by atoms with Crippen molar-refractivity contribution in [2.24, 2.45) is 0 Å². The highest BCUT2D eigenvalue weighted by atomic mass is 35.5. The zero-order chi connectivity index (χ0) is 21.8. The molecule has 2 aromatic heterocycles. The molecule has 0 spiro atoms. The predicted molar refractivity (Wildman–Crippen MR) is 119 cm³/mol. The van der Waals surface area contributed by atoms with Gasteiger partial charge < -0.3 is 14.2 Å². The molecule has 0 fully saturated rings. The van der Waals surface area contributed by atoms with Crippen LogP contribution in [0.1, 0.15) is 11.4 Å². The van der Waals surface area contributed by atoms with Crippen molar-refractivity contribution in [3.05, 3.63) is 45.0 Å². The number of nitrogens with one attached hydrogen (secondary N) is 1. The molecular weight excluding hydrogens is 449 g/mol. The third kappa shape index (κ3) is 4.77. The number of carbonyl (C=O) groups excluding carboxylic acids is 1. The second-order valence-electron chi connectivity index (χ2n) is 6.18. The van der Waals surface area contributed by atoms with Gasteiger partial charge in [0, 0.05) is 10.9 Å². The Morgan fingerprint density at radius 1 is 1.07 bits per heavy atom. The average molecular weight is 468 g/mol. The largest absolute Gasteiger partial charge is 0.493 e. The first-order chi connectivity index (χ1) is 14.3. The number of aryl methyl sites for hydroxylation is 2. The van der Waals surface area contributed by atoms with Crippen LogP contribution in [0.5, 0.6) is 17.2 Å². The fourth-order valence-corrected chi connectivity index (χ4v) is 3.82. The molecule has 0 aliphatic carbocycles. The van der Waals surface area contributed by atoms with E-state index in [0.717, 1.165) is 5.56 Å². The van der Waals surface area contributed by atoms with E-state index in [2.05, 4.69) is 15.3 Å². The minimum atomic E-state index is -0.387. The third-order valence-electron chi connectivity index (χ3n) is 4.15. The van der Waals surface area contributed by atoms with Gasteiger partial charge >= 0.3 is 0 Å². The van der Waals surface area contributed by atoms with Crippen LogP contribution in [0.2, 0.25) is 10.0 Å². The third-order valence-corrected chi connectivity index (χ3v) is 5.79. The quantitative estimate of drug-likeness (QED) is 0.516. The highest BCUT2D eigenvalue weighted by Gasteiger charge is 2.17. The number of hydrogen-bond donors (Lipinski definition) is 1. The summed E-state index contributed by atoms with van der Waals surface area (Å²) in [5.74, 6) is 1.07. The van der Waals surface area contributed by atoms with E-state index in [1.54, 1.807) is 34.1 Å². The molecule has 0 aliphatic heterocycles. The summed E-state index contributed by atoms with van der Waals surface area (Å²) in [6.45, 7) is 3.21. The molecule has 2 heterocycles. The molecule has 1 amide bonds. The summed E-state index contributed by atoms with van der Waals surface area (Å²) in [5, 5.41) is 5.54. The molecule has 3 rings (SSSR count). The summed E-state index contributed by atoms with van der Waals surface area (Å²) in [5.41, 5.74) is 2.69. The number of ether oxygens (including phenoxy) is 3. The fourth-order valence-electron chi connectivity index (χ4n) is 2.65. The standard InChI is InChI=1S/C20H19Cl2N3O4S/c1-10-17(21)19(18(22)11(2)23-10)29-8-16(26)25-20-24-13(9-30-20)12-5-6-14(27-3)15(7-12)28-4/h5-7,9H,8H2,1-4H3,(H,24,25,26). The molecule has 10 heteroatoms. The highest BCUT2D eigenvalue weighted by Crippen LogP contribution is 2.36. The molecule has 7 nitrogen and oxygen atoms in total. The van der Waals surface area contributed by atoms with Crippen molar-refractivity contribution in [1.29, 1.82) is 0 Å². The molecule has 0 aliphatic rings. The number of halogens is 2. The first-order valence-electron chi connectivity index (χ1n) is 8.76. The molecule has 3 aromatic rings. The van der Waals surface area contributed by atoms with Gasteiger partial charge in [-0.05, 0) is 32.0 Å². The zero-order valence-corrected chi connectivity index (χ0v) is 19.0. The first-order valence-corrected chi connectivity index (χ1v) is 10.4. The lowest BCUT2D eigenvalue weighted by Gasteiger charge is -2.12. The van der Waals surface area contributed by atoms with Crippen molar-refractivity contribution in [3.63, 3.8) is 0 Å². The highest BCUT2D eigenvalue weighted by molar-refractivity contribution is 7.14. The van der Waals surface area contributed by atoms with Gasteiger partial charge in [-0.25, -0.2) is 4.98 Å². The molecule has 1 N–H and O–H groups in total. The van der Waals surface area contributed by atoms with Gasteiger partial charge in [-0.1, -0.05) is 23.2 Å². The molecule has 0 unspecified atom stereocenters. The van der Waals surface area contributed by atoms with E-state index in [4.69, 9.17) is 37.4 Å². The lowest BCUT2D eigenvalue weighted by atomic mass is 10.1. The predicted octanol–water partition coefficient (Wildman–Crippen LogP) is 5.16. The minimum absolute atomic E-state index is 0.239. The van der Waals surface area contributed by atoms with E-state index in [0.29, 0.717) is 33.7 Å². The number of carbonyl (C=O) groups is 1. The lowest BCUT2D eigenvalue weighted by Crippen LogP contribution is -2.20. The van der Waals surface area contributed by atoms with Crippen LogP contribution in [0.15, 0.2) is 23.6 Å². The summed E-state index contributed by atoms with van der Waals surface area (Å²) >= 11 is 13.7. The summed E-state index contributed by atoms with van der Waals surface area (Å²) in [4.78, 5) is 21.0. The normalized spacial score (nSPS) is 10.6. The number of benzene rings is 1. The second-order valence-corrected chi connectivity index (χ2v) is 7.80. The van der Waals surface area contributed by atoms with Crippen LogP contribution in [0.4, 0.5) is 5.13 Å². The van der Waals surface area contributed by atoms with E-state index < -0.39 is 0 Å². The number of anilines is 1. The van der Waals surface area contributed by atoms with Crippen molar-refractivity contribution in [3.8, 4) is 28.5 Å². The Kier molecular flexibility index (Phi) is 7.02. The number of amides is 1. The van der Waals surface area contributed by atoms with Crippen molar-refractivity contribution in [1.82, 2.24) is 9.97 Å². The van der Waals surface area contributed by atoms with Gasteiger partial charge in [-0.15, -0.1) is 11.3 Å². The molecule has 0 saturated heterocycles. The van der Waals surface area contributed by atoms with Crippen LogP contribution in [0.3, 0.4) is 0 Å². The minimum Gasteiger partial charge on any atom is -0.493 e. The molecule has 0 atom stereocenters. The number of nitrogens with zero attached hydrogens (tertiary/aromatic N) is 2. The molecule has 0 saturated carbocycles. The van der Waals surface area contributed by atoms with Crippen molar-refractivity contribution < 1.29 is 19.0 Å². The van der Waals surface area contributed by atoms with Crippen LogP contribution in [0, 0.1) is 13.8 Å². The second kappa shape index (κ2) is 9.51. The van der Waals surface area contributed by atoms with Crippen LogP contribution in [-0.2, 0) is 4.79 Å². The van der Waals surface area contributed by atoms with Crippen LogP contribution in [0.25, 0.3) is 11.3 Å². The van der Waals surface area contributed by atoms with E-state index in [1.165, 1.54) is 11.3 Å². The van der Waals surface area contributed by atoms with E-state index in [1.807, 2.05) is 17.5 Å². The number of aromatic nitrogens is 2. The molecular formula is C20H19Cl2N3O4S. The van der Waals surface area contributed by atoms with Gasteiger partial charge in [0.2, 0.25) is 0 Å². The smallest absolute Gasteiger partial charge is 0.264 e. The molecule has 158 valence electrons. The van der Waals surface area contributed by atoms with Crippen molar-refractivity contribution in [2.75, 3.05) is 26.1 Å². The maximum atomic E-state index is 12.3. The SMILES string of the molecule is COc1ccc(-c2csc(NC(=O)COc3c(Cl)c(C)nc(C)c3Cl)n2)cc1OC. The number of pyridine rings is 1. The molecule has 0 bridgehead atoms. The Balaban J connectivity index is 1.68. The van der Waals surface area contributed by atoms with E-state index in [-0.39, 0.29) is 28.3 Å². The summed E-state index contributed by atoms with van der Waals surface area (Å²) in [6.07, 6.45) is 0. The summed E-state index contributed by atoms with van der Waals surface area (Å²) in [7, 11) is 3.14. The Labute approximate surface area is 187 Å². The van der Waals surface area contributed by atoms with Gasteiger partial charge in [0.25, 0.3) is 5.91 Å². The van der Waals surface area contributed by atoms with Crippen LogP contribution < -0.4 is 19.5 Å². The zero-order valence-electron chi connectivity index (χ0n) is 16.7. The molecule has 1 aromatic carbocycles. The molecule has 30 heavy (non-hydrogen) atoms. The topological polar surface area (TPSA) is 82.6 Å². The van der Waals surface area contributed by atoms with Crippen molar-refractivity contribution >= 4 is 45.6 Å². The monoisotopic (exact) mass is 467 g/mol.